The Balaban J connectivity index is 2.86. The third kappa shape index (κ3) is 2.49. The fraction of sp³-hybridized carbons (Fsp3) is 0.667. The maximum absolute atomic E-state index is 12.7. The van der Waals surface area contributed by atoms with Gasteiger partial charge in [-0.15, -0.1) is 0 Å². The van der Waals surface area contributed by atoms with Crippen LogP contribution < -0.4 is 17.0 Å². The maximum atomic E-state index is 12.7. The molecule has 7 nitrogen and oxygen atoms in total. The van der Waals surface area contributed by atoms with Gasteiger partial charge in [-0.1, -0.05) is 27.7 Å². The van der Waals surface area contributed by atoms with Gasteiger partial charge in [-0.05, 0) is 6.42 Å². The van der Waals surface area contributed by atoms with Gasteiger partial charge in [0.25, 0.3) is 5.56 Å². The van der Waals surface area contributed by atoms with Crippen LogP contribution in [0.2, 0.25) is 0 Å². The smallest absolute Gasteiger partial charge is 0.326 e. The molecular weight excluding hydrogens is 282 g/mol. The molecule has 2 N–H and O–H groups in total. The summed E-state index contributed by atoms with van der Waals surface area (Å²) in [6.07, 6.45) is 0.701. The lowest BCUT2D eigenvalue weighted by molar-refractivity contribution is 0.500. The zero-order valence-electron chi connectivity index (χ0n) is 14.2. The molecule has 2 rings (SSSR count). The molecule has 0 aliphatic carbocycles. The maximum Gasteiger partial charge on any atom is 0.332 e. The first-order valence-electron chi connectivity index (χ1n) is 7.51. The van der Waals surface area contributed by atoms with Gasteiger partial charge in [-0.3, -0.25) is 13.9 Å². The number of hydrogen-bond donors (Lipinski definition) is 1. The monoisotopic (exact) mass is 307 g/mol. The van der Waals surface area contributed by atoms with Crippen LogP contribution in [0.4, 0.5) is 0 Å². The summed E-state index contributed by atoms with van der Waals surface area (Å²) in [7, 11) is 3.45. The van der Waals surface area contributed by atoms with Gasteiger partial charge in [-0.2, -0.15) is 0 Å². The minimum absolute atomic E-state index is 0.216. The van der Waals surface area contributed by atoms with Crippen LogP contribution in [0, 0.1) is 0 Å². The molecule has 0 spiro atoms. The topological polar surface area (TPSA) is 87.8 Å². The molecule has 0 radical (unpaired) electrons. The van der Waals surface area contributed by atoms with Gasteiger partial charge in [0.1, 0.15) is 5.82 Å². The van der Waals surface area contributed by atoms with Crippen LogP contribution in [0.3, 0.4) is 0 Å². The predicted molar refractivity (Wildman–Crippen MR) is 87.2 cm³/mol. The third-order valence-electron chi connectivity index (χ3n) is 3.97. The number of hydrogen-bond acceptors (Lipinski definition) is 4. The molecule has 0 aliphatic heterocycles. The Morgan fingerprint density at radius 2 is 1.77 bits per heavy atom. The average Bonchev–Trinajstić information content (AvgIpc) is 2.78. The van der Waals surface area contributed by atoms with E-state index in [0.717, 1.165) is 5.82 Å². The zero-order valence-corrected chi connectivity index (χ0v) is 14.2. The number of rotatable bonds is 3. The van der Waals surface area contributed by atoms with Crippen LogP contribution in [-0.2, 0) is 26.1 Å². The highest BCUT2D eigenvalue weighted by Crippen LogP contribution is 2.23. The normalized spacial score (nSPS) is 13.8. The van der Waals surface area contributed by atoms with E-state index in [1.54, 1.807) is 11.6 Å². The van der Waals surface area contributed by atoms with E-state index in [1.807, 2.05) is 34.7 Å². The molecule has 2 aromatic rings. The van der Waals surface area contributed by atoms with Crippen LogP contribution in [-0.4, -0.2) is 24.7 Å². The molecule has 2 aromatic heterocycles. The van der Waals surface area contributed by atoms with E-state index in [1.165, 1.54) is 9.13 Å². The van der Waals surface area contributed by atoms with Crippen molar-refractivity contribution in [1.82, 2.24) is 18.7 Å². The number of aromatic nitrogens is 4. The van der Waals surface area contributed by atoms with E-state index in [4.69, 9.17) is 5.73 Å². The molecule has 22 heavy (non-hydrogen) atoms. The van der Waals surface area contributed by atoms with Gasteiger partial charge in [0.15, 0.2) is 11.2 Å². The first kappa shape index (κ1) is 16.5. The Morgan fingerprint density at radius 1 is 1.18 bits per heavy atom. The molecule has 0 aromatic carbocycles. The first-order valence-corrected chi connectivity index (χ1v) is 7.51. The second-order valence-electron chi connectivity index (χ2n) is 6.84. The summed E-state index contributed by atoms with van der Waals surface area (Å²) in [4.78, 5) is 29.7. The number of imidazole rings is 1. The Morgan fingerprint density at radius 3 is 2.27 bits per heavy atom. The molecule has 0 bridgehead atoms. The Kier molecular flexibility index (Phi) is 4.04. The number of nitrogens with two attached hydrogens (primary N) is 1. The fourth-order valence-corrected chi connectivity index (χ4v) is 2.64. The second kappa shape index (κ2) is 5.39. The Bertz CT molecular complexity index is 820. The quantitative estimate of drug-likeness (QED) is 0.893. The first-order chi connectivity index (χ1) is 10.1. The van der Waals surface area contributed by atoms with Crippen molar-refractivity contribution in [3.05, 3.63) is 26.7 Å². The van der Waals surface area contributed by atoms with E-state index in [2.05, 4.69) is 4.98 Å². The van der Waals surface area contributed by atoms with Crippen LogP contribution in [0.25, 0.3) is 11.2 Å². The summed E-state index contributed by atoms with van der Waals surface area (Å²) >= 11 is 0. The van der Waals surface area contributed by atoms with E-state index in [-0.39, 0.29) is 29.3 Å². The lowest BCUT2D eigenvalue weighted by Crippen LogP contribution is -2.43. The molecular formula is C15H25N5O2. The lowest BCUT2D eigenvalue weighted by atomic mass is 9.96. The van der Waals surface area contributed by atoms with Gasteiger partial charge in [0.2, 0.25) is 0 Å². The van der Waals surface area contributed by atoms with Crippen LogP contribution in [0.5, 0.6) is 0 Å². The molecule has 0 aliphatic rings. The van der Waals surface area contributed by atoms with Crippen LogP contribution in [0.1, 0.15) is 39.9 Å². The summed E-state index contributed by atoms with van der Waals surface area (Å²) in [5.74, 6) is 0.770. The highest BCUT2D eigenvalue weighted by molar-refractivity contribution is 5.71. The average molecular weight is 307 g/mol. The Hall–Kier alpha value is -1.89. The molecule has 1 unspecified atom stereocenters. The predicted octanol–water partition coefficient (Wildman–Crippen LogP) is 0.469. The van der Waals surface area contributed by atoms with Crippen molar-refractivity contribution < 1.29 is 0 Å². The minimum atomic E-state index is -0.375. The lowest BCUT2D eigenvalue weighted by Gasteiger charge is -2.17. The van der Waals surface area contributed by atoms with Crippen molar-refractivity contribution in [3.63, 3.8) is 0 Å². The largest absolute Gasteiger partial charge is 0.332 e. The van der Waals surface area contributed by atoms with Crippen molar-refractivity contribution in [2.75, 3.05) is 0 Å². The molecule has 0 saturated carbocycles. The number of aryl methyl sites for hydroxylation is 2. The SMILES string of the molecule is CCC(N)Cn1c(=O)c2c(nc(C(C)(C)C)n2C)n(C)c1=O. The number of fused-ring (bicyclic) bond motifs is 1. The van der Waals surface area contributed by atoms with Gasteiger partial charge >= 0.3 is 5.69 Å². The number of nitrogens with zero attached hydrogens (tertiary/aromatic N) is 4. The van der Waals surface area contributed by atoms with E-state index in [9.17, 15) is 9.59 Å². The van der Waals surface area contributed by atoms with E-state index >= 15 is 0 Å². The summed E-state index contributed by atoms with van der Waals surface area (Å²) in [6, 6.07) is -0.224. The fourth-order valence-electron chi connectivity index (χ4n) is 2.64. The van der Waals surface area contributed by atoms with Crippen molar-refractivity contribution in [2.45, 2.75) is 52.1 Å². The molecule has 0 fully saturated rings. The molecule has 122 valence electrons. The van der Waals surface area contributed by atoms with Crippen molar-refractivity contribution >= 4 is 11.2 Å². The molecule has 1 atom stereocenters. The third-order valence-corrected chi connectivity index (χ3v) is 3.97. The molecule has 7 heteroatoms. The van der Waals surface area contributed by atoms with Gasteiger partial charge < -0.3 is 10.3 Å². The molecule has 0 saturated heterocycles. The van der Waals surface area contributed by atoms with Crippen molar-refractivity contribution in [1.29, 1.82) is 0 Å². The molecule has 0 amide bonds. The van der Waals surface area contributed by atoms with Crippen LogP contribution in [0.15, 0.2) is 9.59 Å². The Labute approximate surface area is 129 Å². The standard InChI is InChI=1S/C15H25N5O2/c1-7-9(16)8-20-12(21)10-11(19(6)14(20)22)17-13(18(10)5)15(2,3)4/h9H,7-8,16H2,1-6H3. The van der Waals surface area contributed by atoms with Crippen molar-refractivity contribution in [2.24, 2.45) is 19.8 Å². The van der Waals surface area contributed by atoms with Crippen LogP contribution >= 0.6 is 0 Å². The second-order valence-corrected chi connectivity index (χ2v) is 6.84. The van der Waals surface area contributed by atoms with Gasteiger partial charge in [0, 0.05) is 32.1 Å². The van der Waals surface area contributed by atoms with E-state index < -0.39 is 0 Å². The molecule has 2 heterocycles. The zero-order chi connectivity index (χ0) is 16.8. The summed E-state index contributed by atoms with van der Waals surface area (Å²) < 4.78 is 4.42. The van der Waals surface area contributed by atoms with Crippen molar-refractivity contribution in [3.8, 4) is 0 Å². The highest BCUT2D eigenvalue weighted by Gasteiger charge is 2.25. The van der Waals surface area contributed by atoms with Gasteiger partial charge in [0.05, 0.1) is 0 Å². The highest BCUT2D eigenvalue weighted by atomic mass is 16.2. The minimum Gasteiger partial charge on any atom is -0.326 e. The summed E-state index contributed by atoms with van der Waals surface area (Å²) in [5, 5.41) is 0. The summed E-state index contributed by atoms with van der Waals surface area (Å²) in [6.45, 7) is 8.22. The summed E-state index contributed by atoms with van der Waals surface area (Å²) in [5.41, 5.74) is 5.86. The van der Waals surface area contributed by atoms with Gasteiger partial charge in [-0.25, -0.2) is 9.78 Å². The van der Waals surface area contributed by atoms with E-state index in [0.29, 0.717) is 17.6 Å².